The van der Waals surface area contributed by atoms with Gasteiger partial charge in [-0.1, -0.05) is 34.1 Å². The average molecular weight is 278 g/mol. The van der Waals surface area contributed by atoms with E-state index in [9.17, 15) is 5.11 Å². The zero-order chi connectivity index (χ0) is 14.8. The summed E-state index contributed by atoms with van der Waals surface area (Å²) < 4.78 is 2.13. The number of aryl methyl sites for hydroxylation is 1. The van der Waals surface area contributed by atoms with Gasteiger partial charge in [-0.25, -0.2) is 4.98 Å². The Hall–Kier alpha value is -0.830. The van der Waals surface area contributed by atoms with Crippen molar-refractivity contribution in [1.29, 1.82) is 0 Å². The van der Waals surface area contributed by atoms with Crippen LogP contribution in [0.2, 0.25) is 0 Å². The molecule has 1 fully saturated rings. The minimum Gasteiger partial charge on any atom is -0.382 e. The fraction of sp³-hybridized carbons (Fsp3) is 0.824. The van der Waals surface area contributed by atoms with Crippen LogP contribution in [0, 0.1) is 11.3 Å². The van der Waals surface area contributed by atoms with Gasteiger partial charge in [0, 0.05) is 18.9 Å². The van der Waals surface area contributed by atoms with Gasteiger partial charge >= 0.3 is 0 Å². The Kier molecular flexibility index (Phi) is 4.58. The van der Waals surface area contributed by atoms with Crippen molar-refractivity contribution in [2.45, 2.75) is 78.4 Å². The van der Waals surface area contributed by atoms with Gasteiger partial charge in [-0.3, -0.25) is 0 Å². The van der Waals surface area contributed by atoms with Crippen LogP contribution in [0.15, 0.2) is 12.4 Å². The number of rotatable bonds is 5. The molecule has 1 heterocycles. The van der Waals surface area contributed by atoms with Gasteiger partial charge in [-0.2, -0.15) is 0 Å². The van der Waals surface area contributed by atoms with Gasteiger partial charge in [-0.05, 0) is 43.4 Å². The molecule has 1 aromatic rings. The van der Waals surface area contributed by atoms with Crippen LogP contribution >= 0.6 is 0 Å². The topological polar surface area (TPSA) is 38.0 Å². The molecule has 0 amide bonds. The van der Waals surface area contributed by atoms with Crippen LogP contribution in [0.5, 0.6) is 0 Å². The fourth-order valence-electron chi connectivity index (χ4n) is 3.53. The van der Waals surface area contributed by atoms with E-state index in [0.29, 0.717) is 5.41 Å². The third-order valence-corrected chi connectivity index (χ3v) is 5.43. The quantitative estimate of drug-likeness (QED) is 0.880. The van der Waals surface area contributed by atoms with Gasteiger partial charge < -0.3 is 9.67 Å². The van der Waals surface area contributed by atoms with Crippen LogP contribution in [0.4, 0.5) is 0 Å². The normalized spacial score (nSPS) is 27.8. The number of aromatic nitrogens is 2. The maximum Gasteiger partial charge on any atom is 0.140 e. The zero-order valence-corrected chi connectivity index (χ0v) is 13.5. The molecule has 0 saturated heterocycles. The first kappa shape index (κ1) is 15.6. The predicted octanol–water partition coefficient (Wildman–Crippen LogP) is 4.11. The van der Waals surface area contributed by atoms with Crippen molar-refractivity contribution in [2.24, 2.45) is 11.3 Å². The van der Waals surface area contributed by atoms with Crippen molar-refractivity contribution in [2.75, 3.05) is 0 Å². The highest BCUT2D eigenvalue weighted by Crippen LogP contribution is 2.46. The number of hydrogen-bond acceptors (Lipinski definition) is 2. The Bertz CT molecular complexity index is 428. The summed E-state index contributed by atoms with van der Waals surface area (Å²) in [5, 5.41) is 11.0. The molecule has 2 rings (SSSR count). The Morgan fingerprint density at radius 2 is 2.00 bits per heavy atom. The van der Waals surface area contributed by atoms with E-state index in [1.54, 1.807) is 0 Å². The highest BCUT2D eigenvalue weighted by Gasteiger charge is 2.41. The summed E-state index contributed by atoms with van der Waals surface area (Å²) in [6.07, 6.45) is 10.0. The van der Waals surface area contributed by atoms with Crippen molar-refractivity contribution in [3.63, 3.8) is 0 Å². The van der Waals surface area contributed by atoms with Crippen molar-refractivity contribution in [1.82, 2.24) is 9.55 Å². The first-order valence-electron chi connectivity index (χ1n) is 8.17. The largest absolute Gasteiger partial charge is 0.382 e. The molecule has 20 heavy (non-hydrogen) atoms. The van der Waals surface area contributed by atoms with Crippen LogP contribution in [0.25, 0.3) is 0 Å². The molecule has 114 valence electrons. The SMILES string of the molecule is CCCn1ccnc1C1(O)CCC(C(C)(C)CC)CC1. The second kappa shape index (κ2) is 5.88. The molecule has 0 radical (unpaired) electrons. The van der Waals surface area contributed by atoms with Gasteiger partial charge in [0.2, 0.25) is 0 Å². The van der Waals surface area contributed by atoms with Crippen LogP contribution in [0.3, 0.4) is 0 Å². The molecule has 0 aromatic carbocycles. The van der Waals surface area contributed by atoms with E-state index in [1.807, 2.05) is 12.4 Å². The molecule has 1 saturated carbocycles. The number of nitrogens with zero attached hydrogens (tertiary/aromatic N) is 2. The Labute approximate surface area is 123 Å². The Balaban J connectivity index is 2.09. The lowest BCUT2D eigenvalue weighted by Crippen LogP contribution is -2.38. The molecule has 3 nitrogen and oxygen atoms in total. The van der Waals surface area contributed by atoms with Crippen molar-refractivity contribution < 1.29 is 5.11 Å². The van der Waals surface area contributed by atoms with Gasteiger partial charge in [-0.15, -0.1) is 0 Å². The first-order valence-corrected chi connectivity index (χ1v) is 8.17. The van der Waals surface area contributed by atoms with E-state index < -0.39 is 5.60 Å². The lowest BCUT2D eigenvalue weighted by Gasteiger charge is -2.42. The molecule has 1 aromatic heterocycles. The molecule has 0 aliphatic heterocycles. The number of hydrogen-bond donors (Lipinski definition) is 1. The molecule has 1 aliphatic rings. The van der Waals surface area contributed by atoms with Gasteiger partial charge in [0.25, 0.3) is 0 Å². The molecule has 0 unspecified atom stereocenters. The minimum absolute atomic E-state index is 0.389. The summed E-state index contributed by atoms with van der Waals surface area (Å²) in [5.74, 6) is 1.61. The summed E-state index contributed by atoms with van der Waals surface area (Å²) in [7, 11) is 0. The summed E-state index contributed by atoms with van der Waals surface area (Å²) in [6, 6.07) is 0. The zero-order valence-electron chi connectivity index (χ0n) is 13.5. The molecule has 0 bridgehead atoms. The third kappa shape index (κ3) is 2.93. The summed E-state index contributed by atoms with van der Waals surface area (Å²) >= 11 is 0. The third-order valence-electron chi connectivity index (χ3n) is 5.43. The maximum absolute atomic E-state index is 11.0. The second-order valence-corrected chi connectivity index (χ2v) is 7.09. The molecular weight excluding hydrogens is 248 g/mol. The first-order chi connectivity index (χ1) is 9.43. The van der Waals surface area contributed by atoms with Crippen molar-refractivity contribution in [3.8, 4) is 0 Å². The van der Waals surface area contributed by atoms with Gasteiger partial charge in [0.1, 0.15) is 11.4 Å². The minimum atomic E-state index is -0.709. The highest BCUT2D eigenvalue weighted by atomic mass is 16.3. The molecule has 1 aliphatic carbocycles. The van der Waals surface area contributed by atoms with Crippen LogP contribution < -0.4 is 0 Å². The molecular formula is C17H30N2O. The van der Waals surface area contributed by atoms with E-state index >= 15 is 0 Å². The van der Waals surface area contributed by atoms with Crippen LogP contribution in [-0.2, 0) is 12.1 Å². The molecule has 0 spiro atoms. The smallest absolute Gasteiger partial charge is 0.140 e. The standard InChI is InChI=1S/C17H30N2O/c1-5-12-19-13-11-18-15(19)17(20)9-7-14(8-10-17)16(3,4)6-2/h11,13-14,20H,5-10,12H2,1-4H3. The second-order valence-electron chi connectivity index (χ2n) is 7.09. The summed E-state index contributed by atoms with van der Waals surface area (Å²) in [6.45, 7) is 10.1. The van der Waals surface area contributed by atoms with E-state index in [0.717, 1.165) is 50.4 Å². The van der Waals surface area contributed by atoms with Crippen molar-refractivity contribution in [3.05, 3.63) is 18.2 Å². The van der Waals surface area contributed by atoms with Crippen molar-refractivity contribution >= 4 is 0 Å². The maximum atomic E-state index is 11.0. The number of imidazole rings is 1. The molecule has 1 N–H and O–H groups in total. The highest BCUT2D eigenvalue weighted by molar-refractivity contribution is 5.07. The van der Waals surface area contributed by atoms with Crippen LogP contribution in [-0.4, -0.2) is 14.7 Å². The predicted molar refractivity (Wildman–Crippen MR) is 82.4 cm³/mol. The van der Waals surface area contributed by atoms with Gasteiger partial charge in [0.05, 0.1) is 0 Å². The Morgan fingerprint density at radius 3 is 2.55 bits per heavy atom. The van der Waals surface area contributed by atoms with E-state index in [-0.39, 0.29) is 0 Å². The van der Waals surface area contributed by atoms with E-state index in [4.69, 9.17) is 0 Å². The number of aliphatic hydroxyl groups is 1. The van der Waals surface area contributed by atoms with Gasteiger partial charge in [0.15, 0.2) is 0 Å². The Morgan fingerprint density at radius 1 is 1.35 bits per heavy atom. The molecule has 0 atom stereocenters. The monoisotopic (exact) mass is 278 g/mol. The van der Waals surface area contributed by atoms with E-state index in [1.165, 1.54) is 6.42 Å². The van der Waals surface area contributed by atoms with Crippen LogP contribution in [0.1, 0.15) is 72.0 Å². The summed E-state index contributed by atoms with van der Waals surface area (Å²) in [5.41, 5.74) is -0.320. The lowest BCUT2D eigenvalue weighted by atomic mass is 9.66. The van der Waals surface area contributed by atoms with E-state index in [2.05, 4.69) is 37.2 Å². The average Bonchev–Trinajstić information content (AvgIpc) is 2.89. The fourth-order valence-corrected chi connectivity index (χ4v) is 3.53. The summed E-state index contributed by atoms with van der Waals surface area (Å²) in [4.78, 5) is 4.45. The molecule has 3 heteroatoms. The lowest BCUT2D eigenvalue weighted by molar-refractivity contribution is -0.0418.